The molecular weight excluding hydrogens is 284 g/mol. The number of amides is 1. The number of hydrogen-bond acceptors (Lipinski definition) is 4. The van der Waals surface area contributed by atoms with Gasteiger partial charge in [-0.3, -0.25) is 10.1 Å². The Morgan fingerprint density at radius 1 is 1.48 bits per heavy atom. The fourth-order valence-corrected chi connectivity index (χ4v) is 3.83. The van der Waals surface area contributed by atoms with E-state index in [0.717, 1.165) is 19.4 Å². The Morgan fingerprint density at radius 2 is 2.24 bits per heavy atom. The molecule has 4 nitrogen and oxygen atoms in total. The minimum atomic E-state index is -0.0443. The summed E-state index contributed by atoms with van der Waals surface area (Å²) in [4.78, 5) is 17.2. The van der Waals surface area contributed by atoms with Crippen LogP contribution in [0.4, 0.5) is 0 Å². The minimum Gasteiger partial charge on any atom is -0.384 e. The van der Waals surface area contributed by atoms with Crippen LogP contribution >= 0.6 is 11.3 Å². The first-order valence-corrected chi connectivity index (χ1v) is 8.50. The van der Waals surface area contributed by atoms with Crippen LogP contribution in [-0.2, 0) is 9.53 Å². The molecule has 0 aromatic carbocycles. The van der Waals surface area contributed by atoms with Crippen molar-refractivity contribution in [1.29, 1.82) is 0 Å². The van der Waals surface area contributed by atoms with Gasteiger partial charge < -0.3 is 9.64 Å². The highest BCUT2D eigenvalue weighted by Gasteiger charge is 2.39. The number of thiophene rings is 1. The van der Waals surface area contributed by atoms with E-state index in [2.05, 4.69) is 38.2 Å². The number of methoxy groups -OCH3 is 1. The van der Waals surface area contributed by atoms with Crippen LogP contribution in [0.2, 0.25) is 0 Å². The lowest BCUT2D eigenvalue weighted by Crippen LogP contribution is -2.35. The van der Waals surface area contributed by atoms with E-state index in [1.807, 2.05) is 4.90 Å². The summed E-state index contributed by atoms with van der Waals surface area (Å²) in [5.74, 6) is 0.570. The van der Waals surface area contributed by atoms with Crippen LogP contribution in [-0.4, -0.2) is 37.1 Å². The molecule has 1 aliphatic rings. The van der Waals surface area contributed by atoms with Crippen molar-refractivity contribution in [3.05, 3.63) is 21.9 Å². The molecule has 0 saturated carbocycles. The number of carbonyl (C=O) groups is 1. The summed E-state index contributed by atoms with van der Waals surface area (Å²) < 4.78 is 5.21. The van der Waals surface area contributed by atoms with Gasteiger partial charge in [0.1, 0.15) is 6.17 Å². The van der Waals surface area contributed by atoms with E-state index < -0.39 is 0 Å². The van der Waals surface area contributed by atoms with E-state index in [1.54, 1.807) is 18.4 Å². The van der Waals surface area contributed by atoms with E-state index in [0.29, 0.717) is 12.5 Å². The highest BCUT2D eigenvalue weighted by Crippen LogP contribution is 2.32. The second-order valence-electron chi connectivity index (χ2n) is 5.91. The van der Waals surface area contributed by atoms with Crippen molar-refractivity contribution in [2.75, 3.05) is 20.3 Å². The maximum atomic E-state index is 12.7. The highest BCUT2D eigenvalue weighted by molar-refractivity contribution is 7.12. The minimum absolute atomic E-state index is 0.0204. The van der Waals surface area contributed by atoms with Crippen molar-refractivity contribution in [1.82, 2.24) is 10.2 Å². The molecule has 0 bridgehead atoms. The van der Waals surface area contributed by atoms with E-state index in [4.69, 9.17) is 4.74 Å². The molecule has 2 rings (SSSR count). The van der Waals surface area contributed by atoms with Crippen LogP contribution < -0.4 is 5.32 Å². The topological polar surface area (TPSA) is 41.6 Å². The Labute approximate surface area is 131 Å². The van der Waals surface area contributed by atoms with Crippen molar-refractivity contribution < 1.29 is 9.53 Å². The molecule has 0 radical (unpaired) electrons. The molecule has 0 aliphatic carbocycles. The number of hydrogen-bond donors (Lipinski definition) is 1. The Bertz CT molecular complexity index is 475. The monoisotopic (exact) mass is 310 g/mol. The standard InChI is InChI=1S/C16H26N2O2S/c1-5-6-13-16(19)18(9-11(2)10-20-4)15(17-13)14-8-7-12(3)21-14/h7-8,11,13,15,17H,5-6,9-10H2,1-4H3. The normalized spacial score (nSPS) is 23.8. The number of rotatable bonds is 7. The fraction of sp³-hybridized carbons (Fsp3) is 0.688. The quantitative estimate of drug-likeness (QED) is 0.842. The van der Waals surface area contributed by atoms with Crippen molar-refractivity contribution in [2.45, 2.75) is 45.8 Å². The molecule has 1 saturated heterocycles. The molecular formula is C16H26N2O2S. The molecule has 1 fully saturated rings. The number of carbonyl (C=O) groups excluding carboxylic acids is 1. The molecule has 2 heterocycles. The van der Waals surface area contributed by atoms with Crippen LogP contribution in [0.15, 0.2) is 12.1 Å². The molecule has 3 atom stereocenters. The number of nitrogens with zero attached hydrogens (tertiary/aromatic N) is 1. The second-order valence-corrected chi connectivity index (χ2v) is 7.23. The molecule has 1 aromatic rings. The average molecular weight is 310 g/mol. The zero-order valence-corrected chi connectivity index (χ0v) is 14.2. The van der Waals surface area contributed by atoms with E-state index in [9.17, 15) is 4.79 Å². The molecule has 1 N–H and O–H groups in total. The fourth-order valence-electron chi connectivity index (χ4n) is 2.88. The van der Waals surface area contributed by atoms with Gasteiger partial charge in [0, 0.05) is 23.4 Å². The van der Waals surface area contributed by atoms with E-state index in [-0.39, 0.29) is 18.1 Å². The lowest BCUT2D eigenvalue weighted by atomic mass is 10.1. The Hall–Kier alpha value is -0.910. The third kappa shape index (κ3) is 3.84. The lowest BCUT2D eigenvalue weighted by molar-refractivity contribution is -0.131. The van der Waals surface area contributed by atoms with Crippen molar-refractivity contribution >= 4 is 17.2 Å². The summed E-state index contributed by atoms with van der Waals surface area (Å²) in [6, 6.07) is 4.21. The Balaban J connectivity index is 2.16. The molecule has 1 amide bonds. The maximum absolute atomic E-state index is 12.7. The summed E-state index contributed by atoms with van der Waals surface area (Å²) >= 11 is 1.76. The zero-order chi connectivity index (χ0) is 15.4. The lowest BCUT2D eigenvalue weighted by Gasteiger charge is -2.26. The first-order chi connectivity index (χ1) is 10.1. The summed E-state index contributed by atoms with van der Waals surface area (Å²) in [7, 11) is 1.71. The molecule has 5 heteroatoms. The maximum Gasteiger partial charge on any atom is 0.241 e. The highest BCUT2D eigenvalue weighted by atomic mass is 32.1. The molecule has 21 heavy (non-hydrogen) atoms. The van der Waals surface area contributed by atoms with Crippen LogP contribution in [0.5, 0.6) is 0 Å². The summed E-state index contributed by atoms with van der Waals surface area (Å²) in [5, 5.41) is 3.51. The first-order valence-electron chi connectivity index (χ1n) is 7.68. The molecule has 1 aliphatic heterocycles. The number of aryl methyl sites for hydroxylation is 1. The van der Waals surface area contributed by atoms with Crippen LogP contribution in [0, 0.1) is 12.8 Å². The van der Waals surface area contributed by atoms with Gasteiger partial charge in [-0.05, 0) is 31.4 Å². The summed E-state index contributed by atoms with van der Waals surface area (Å²) in [5.41, 5.74) is 0. The van der Waals surface area contributed by atoms with E-state index >= 15 is 0 Å². The van der Waals surface area contributed by atoms with Gasteiger partial charge in [0.25, 0.3) is 0 Å². The van der Waals surface area contributed by atoms with Gasteiger partial charge in [-0.15, -0.1) is 11.3 Å². The van der Waals surface area contributed by atoms with Gasteiger partial charge in [-0.1, -0.05) is 20.3 Å². The van der Waals surface area contributed by atoms with Crippen LogP contribution in [0.1, 0.15) is 42.6 Å². The van der Waals surface area contributed by atoms with E-state index in [1.165, 1.54) is 9.75 Å². The molecule has 0 spiro atoms. The Kier molecular flexibility index (Phi) is 5.79. The van der Waals surface area contributed by atoms with Crippen molar-refractivity contribution in [3.8, 4) is 0 Å². The SMILES string of the molecule is CCCC1NC(c2ccc(C)s2)N(CC(C)COC)C1=O. The van der Waals surface area contributed by atoms with Crippen LogP contribution in [0.3, 0.4) is 0 Å². The third-order valence-corrected chi connectivity index (χ3v) is 4.87. The van der Waals surface area contributed by atoms with Gasteiger partial charge in [0.15, 0.2) is 0 Å². The first kappa shape index (κ1) is 16.5. The van der Waals surface area contributed by atoms with Gasteiger partial charge in [0.05, 0.1) is 12.6 Å². The van der Waals surface area contributed by atoms with Gasteiger partial charge in [-0.25, -0.2) is 0 Å². The number of nitrogens with one attached hydrogen (secondary N) is 1. The number of ether oxygens (including phenoxy) is 1. The smallest absolute Gasteiger partial charge is 0.241 e. The second kappa shape index (κ2) is 7.38. The average Bonchev–Trinajstić information content (AvgIpc) is 2.98. The van der Waals surface area contributed by atoms with Gasteiger partial charge in [0.2, 0.25) is 5.91 Å². The third-order valence-electron chi connectivity index (χ3n) is 3.82. The largest absolute Gasteiger partial charge is 0.384 e. The molecule has 3 unspecified atom stereocenters. The zero-order valence-electron chi connectivity index (χ0n) is 13.4. The molecule has 1 aromatic heterocycles. The molecule has 118 valence electrons. The van der Waals surface area contributed by atoms with Gasteiger partial charge >= 0.3 is 0 Å². The van der Waals surface area contributed by atoms with Crippen molar-refractivity contribution in [3.63, 3.8) is 0 Å². The predicted molar refractivity (Wildman–Crippen MR) is 86.4 cm³/mol. The summed E-state index contributed by atoms with van der Waals surface area (Å²) in [6.07, 6.45) is 1.93. The Morgan fingerprint density at radius 3 is 2.81 bits per heavy atom. The summed E-state index contributed by atoms with van der Waals surface area (Å²) in [6.45, 7) is 7.77. The van der Waals surface area contributed by atoms with Crippen molar-refractivity contribution in [2.24, 2.45) is 5.92 Å². The van der Waals surface area contributed by atoms with Crippen LogP contribution in [0.25, 0.3) is 0 Å². The van der Waals surface area contributed by atoms with Gasteiger partial charge in [-0.2, -0.15) is 0 Å². The predicted octanol–water partition coefficient (Wildman–Crippen LogP) is 2.94.